The monoisotopic (exact) mass is 424 g/mol. The van der Waals surface area contributed by atoms with E-state index in [4.69, 9.17) is 29.8 Å². The molecule has 2 aromatic rings. The third kappa shape index (κ3) is 8.89. The topological polar surface area (TPSA) is 111 Å². The van der Waals surface area contributed by atoms with Crippen LogP contribution in [0, 0.1) is 17.2 Å². The van der Waals surface area contributed by atoms with Crippen LogP contribution < -0.4 is 4.74 Å². The van der Waals surface area contributed by atoms with Gasteiger partial charge in [0.05, 0.1) is 12.2 Å². The molecular weight excluding hydrogens is 396 g/mol. The molecular formula is C24H28N2O5. The smallest absolute Gasteiger partial charge is 0.414 e. The fourth-order valence-corrected chi connectivity index (χ4v) is 3.52. The van der Waals surface area contributed by atoms with Gasteiger partial charge in [0.25, 0.3) is 0 Å². The molecule has 31 heavy (non-hydrogen) atoms. The number of carboxylic acids is 2. The van der Waals surface area contributed by atoms with Crippen molar-refractivity contribution in [2.45, 2.75) is 25.7 Å². The Labute approximate surface area is 182 Å². The van der Waals surface area contributed by atoms with E-state index in [1.54, 1.807) is 6.07 Å². The molecule has 0 unspecified atom stereocenters. The first-order valence-corrected chi connectivity index (χ1v) is 10.3. The van der Waals surface area contributed by atoms with Crippen molar-refractivity contribution in [2.75, 3.05) is 26.2 Å². The maximum atomic E-state index is 9.10. The van der Waals surface area contributed by atoms with Crippen molar-refractivity contribution < 1.29 is 24.5 Å². The summed E-state index contributed by atoms with van der Waals surface area (Å²) in [7, 11) is 0. The number of para-hydroxylation sites is 1. The Morgan fingerprint density at radius 3 is 2.23 bits per heavy atom. The number of hydrogen-bond acceptors (Lipinski definition) is 5. The number of ether oxygens (including phenoxy) is 1. The van der Waals surface area contributed by atoms with Crippen LogP contribution in [0.5, 0.6) is 5.75 Å². The minimum absolute atomic E-state index is 0.615. The number of rotatable bonds is 7. The first-order chi connectivity index (χ1) is 15.0. The lowest BCUT2D eigenvalue weighted by Crippen LogP contribution is -2.35. The van der Waals surface area contributed by atoms with Crippen LogP contribution in [0.15, 0.2) is 54.6 Å². The Hall–Kier alpha value is -3.37. The molecule has 0 amide bonds. The number of nitrogens with zero attached hydrogens (tertiary/aromatic N) is 2. The molecule has 0 radical (unpaired) electrons. The average Bonchev–Trinajstić information content (AvgIpc) is 2.79. The molecule has 1 saturated heterocycles. The van der Waals surface area contributed by atoms with Gasteiger partial charge in [0.1, 0.15) is 11.8 Å². The quantitative estimate of drug-likeness (QED) is 0.517. The second-order valence-electron chi connectivity index (χ2n) is 7.40. The number of aliphatic carboxylic acids is 2. The third-order valence-electron chi connectivity index (χ3n) is 5.14. The van der Waals surface area contributed by atoms with E-state index >= 15 is 0 Å². The lowest BCUT2D eigenvalue weighted by atomic mass is 9.90. The van der Waals surface area contributed by atoms with Gasteiger partial charge in [0.2, 0.25) is 0 Å². The molecule has 2 N–H and O–H groups in total. The van der Waals surface area contributed by atoms with Gasteiger partial charge in [-0.2, -0.15) is 5.26 Å². The molecule has 1 fully saturated rings. The van der Waals surface area contributed by atoms with Gasteiger partial charge in [-0.15, -0.1) is 0 Å². The van der Waals surface area contributed by atoms with Gasteiger partial charge >= 0.3 is 11.9 Å². The summed E-state index contributed by atoms with van der Waals surface area (Å²) in [5, 5.41) is 23.9. The fraction of sp³-hybridized carbons (Fsp3) is 0.375. The van der Waals surface area contributed by atoms with Crippen molar-refractivity contribution in [1.82, 2.24) is 4.90 Å². The lowest BCUT2D eigenvalue weighted by Gasteiger charge is -2.32. The molecule has 1 aliphatic heterocycles. The minimum atomic E-state index is -1.82. The van der Waals surface area contributed by atoms with Gasteiger partial charge in [-0.05, 0) is 62.4 Å². The van der Waals surface area contributed by atoms with Crippen LogP contribution in [0.4, 0.5) is 0 Å². The van der Waals surface area contributed by atoms with Gasteiger partial charge in [0, 0.05) is 6.54 Å². The first kappa shape index (κ1) is 23.9. The van der Waals surface area contributed by atoms with E-state index in [2.05, 4.69) is 41.3 Å². The zero-order valence-corrected chi connectivity index (χ0v) is 17.4. The Morgan fingerprint density at radius 1 is 1.00 bits per heavy atom. The summed E-state index contributed by atoms with van der Waals surface area (Å²) in [5.41, 5.74) is 2.08. The Bertz CT molecular complexity index is 859. The zero-order valence-electron chi connectivity index (χ0n) is 17.4. The number of carbonyl (C=O) groups is 2. The van der Waals surface area contributed by atoms with Crippen LogP contribution >= 0.6 is 0 Å². The third-order valence-corrected chi connectivity index (χ3v) is 5.14. The molecule has 0 atom stereocenters. The maximum absolute atomic E-state index is 9.10. The highest BCUT2D eigenvalue weighted by molar-refractivity contribution is 6.27. The largest absolute Gasteiger partial charge is 0.492 e. The molecule has 0 bridgehead atoms. The lowest BCUT2D eigenvalue weighted by molar-refractivity contribution is -0.159. The molecule has 0 spiro atoms. The average molecular weight is 424 g/mol. The summed E-state index contributed by atoms with van der Waals surface area (Å²) >= 11 is 0. The van der Waals surface area contributed by atoms with Crippen LogP contribution in [0.1, 0.15) is 30.4 Å². The standard InChI is InChI=1S/C22H26N2O.C2H2O4/c23-18-21-9-4-5-10-22(21)25-16-6-13-24-14-11-20(12-15-24)17-19-7-2-1-3-8-19;3-1(4)2(5)6/h1-5,7-10,20H,6,11-17H2;(H,3,4)(H,5,6). The van der Waals surface area contributed by atoms with Gasteiger partial charge in [-0.3, -0.25) is 0 Å². The number of nitriles is 1. The van der Waals surface area contributed by atoms with Crippen molar-refractivity contribution in [3.63, 3.8) is 0 Å². The Kier molecular flexibility index (Phi) is 10.1. The van der Waals surface area contributed by atoms with Crippen molar-refractivity contribution in [3.8, 4) is 11.8 Å². The zero-order chi connectivity index (χ0) is 22.5. The van der Waals surface area contributed by atoms with E-state index in [9.17, 15) is 0 Å². The van der Waals surface area contributed by atoms with Gasteiger partial charge in [0.15, 0.2) is 0 Å². The SMILES string of the molecule is N#Cc1ccccc1OCCCN1CCC(Cc2ccccc2)CC1.O=C(O)C(=O)O. The van der Waals surface area contributed by atoms with Crippen LogP contribution in [0.2, 0.25) is 0 Å². The van der Waals surface area contributed by atoms with Crippen molar-refractivity contribution >= 4 is 11.9 Å². The molecule has 0 aliphatic carbocycles. The van der Waals surface area contributed by atoms with Crippen LogP contribution in [-0.4, -0.2) is 53.3 Å². The van der Waals surface area contributed by atoms with Crippen molar-refractivity contribution in [3.05, 3.63) is 65.7 Å². The van der Waals surface area contributed by atoms with Gasteiger partial charge < -0.3 is 19.8 Å². The van der Waals surface area contributed by atoms with Crippen LogP contribution in [0.3, 0.4) is 0 Å². The molecule has 7 heteroatoms. The molecule has 7 nitrogen and oxygen atoms in total. The van der Waals surface area contributed by atoms with E-state index in [-0.39, 0.29) is 0 Å². The molecule has 1 heterocycles. The molecule has 0 aromatic heterocycles. The predicted molar refractivity (Wildman–Crippen MR) is 116 cm³/mol. The molecule has 164 valence electrons. The van der Waals surface area contributed by atoms with Crippen molar-refractivity contribution in [2.24, 2.45) is 5.92 Å². The first-order valence-electron chi connectivity index (χ1n) is 10.3. The maximum Gasteiger partial charge on any atom is 0.414 e. The number of benzene rings is 2. The normalized spacial score (nSPS) is 14.0. The molecule has 3 rings (SSSR count). The number of hydrogen-bond donors (Lipinski definition) is 2. The van der Waals surface area contributed by atoms with Gasteiger partial charge in [-0.1, -0.05) is 42.5 Å². The van der Waals surface area contributed by atoms with Crippen LogP contribution in [-0.2, 0) is 16.0 Å². The molecule has 1 aliphatic rings. The summed E-state index contributed by atoms with van der Waals surface area (Å²) < 4.78 is 5.77. The number of piperidine rings is 1. The summed E-state index contributed by atoms with van der Waals surface area (Å²) in [5.74, 6) is -2.13. The van der Waals surface area contributed by atoms with E-state index in [0.29, 0.717) is 17.9 Å². The highest BCUT2D eigenvalue weighted by Gasteiger charge is 2.19. The minimum Gasteiger partial charge on any atom is -0.492 e. The summed E-state index contributed by atoms with van der Waals surface area (Å²) in [4.78, 5) is 20.7. The Morgan fingerprint density at radius 2 is 1.61 bits per heavy atom. The highest BCUT2D eigenvalue weighted by atomic mass is 16.5. The Balaban J connectivity index is 0.000000501. The second-order valence-corrected chi connectivity index (χ2v) is 7.40. The summed E-state index contributed by atoms with van der Waals surface area (Å²) in [6.45, 7) is 4.12. The predicted octanol–water partition coefficient (Wildman–Crippen LogP) is 3.44. The van der Waals surface area contributed by atoms with Gasteiger partial charge in [-0.25, -0.2) is 9.59 Å². The van der Waals surface area contributed by atoms with Crippen LogP contribution in [0.25, 0.3) is 0 Å². The summed E-state index contributed by atoms with van der Waals surface area (Å²) in [6.07, 6.45) is 4.78. The van der Waals surface area contributed by atoms with E-state index in [1.165, 1.54) is 37.9 Å². The van der Waals surface area contributed by atoms with E-state index in [1.807, 2.05) is 18.2 Å². The number of likely N-dealkylation sites (tertiary alicyclic amines) is 1. The van der Waals surface area contributed by atoms with E-state index in [0.717, 1.165) is 18.9 Å². The highest BCUT2D eigenvalue weighted by Crippen LogP contribution is 2.22. The molecule has 0 saturated carbocycles. The van der Waals surface area contributed by atoms with E-state index < -0.39 is 11.9 Å². The second kappa shape index (κ2) is 13.0. The van der Waals surface area contributed by atoms with Crippen molar-refractivity contribution in [1.29, 1.82) is 5.26 Å². The fourth-order valence-electron chi connectivity index (χ4n) is 3.52. The number of carboxylic acid groups (broad SMARTS) is 2. The molecule has 2 aromatic carbocycles. The summed E-state index contributed by atoms with van der Waals surface area (Å²) in [6, 6.07) is 20.5.